The number of hydrogen-bond donors (Lipinski definition) is 0. The Labute approximate surface area is 216 Å². The average molecular weight is 498 g/mol. The first-order chi connectivity index (χ1) is 17.9. The highest BCUT2D eigenvalue weighted by Gasteiger charge is 2.42. The zero-order valence-corrected chi connectivity index (χ0v) is 21.7. The van der Waals surface area contributed by atoms with Crippen LogP contribution >= 0.6 is 0 Å². The number of carbonyl (C=O) groups excluding carboxylic acids is 1. The summed E-state index contributed by atoms with van der Waals surface area (Å²) in [6.45, 7) is 6.93. The number of fused-ring (bicyclic) bond motifs is 2. The van der Waals surface area contributed by atoms with Crippen LogP contribution in [0.3, 0.4) is 0 Å². The van der Waals surface area contributed by atoms with Gasteiger partial charge in [0.2, 0.25) is 5.76 Å². The molecule has 0 spiro atoms. The third kappa shape index (κ3) is 4.59. The maximum absolute atomic E-state index is 13.9. The molecule has 6 nitrogen and oxygen atoms in total. The average Bonchev–Trinajstić information content (AvgIpc) is 3.19. The number of rotatable bonds is 8. The van der Waals surface area contributed by atoms with Gasteiger partial charge in [-0.05, 0) is 79.3 Å². The molecule has 1 aromatic heterocycles. The molecule has 4 aromatic rings. The van der Waals surface area contributed by atoms with Crippen LogP contribution in [0.1, 0.15) is 57.8 Å². The van der Waals surface area contributed by atoms with Gasteiger partial charge in [-0.1, -0.05) is 37.3 Å². The van der Waals surface area contributed by atoms with Crippen LogP contribution in [0.15, 0.2) is 69.9 Å². The molecule has 0 N–H and O–H groups in total. The third-order valence-corrected chi connectivity index (χ3v) is 6.84. The Hall–Kier alpha value is -4.06. The fraction of sp³-hybridized carbons (Fsp3) is 0.290. The molecule has 3 aromatic carbocycles. The Morgan fingerprint density at radius 2 is 1.76 bits per heavy atom. The van der Waals surface area contributed by atoms with E-state index in [9.17, 15) is 9.59 Å². The summed E-state index contributed by atoms with van der Waals surface area (Å²) in [6, 6.07) is 18.7. The molecule has 0 bridgehead atoms. The summed E-state index contributed by atoms with van der Waals surface area (Å²) in [5.41, 5.74) is 4.41. The molecular formula is C31H31NO5. The van der Waals surface area contributed by atoms with E-state index in [0.717, 1.165) is 34.4 Å². The monoisotopic (exact) mass is 497 g/mol. The minimum atomic E-state index is -0.563. The number of carbonyl (C=O) groups is 1. The van der Waals surface area contributed by atoms with Gasteiger partial charge in [-0.15, -0.1) is 0 Å². The Bertz CT molecular complexity index is 1520. The van der Waals surface area contributed by atoms with Crippen molar-refractivity contribution in [2.75, 3.05) is 20.3 Å². The Kier molecular flexibility index (Phi) is 6.74. The van der Waals surface area contributed by atoms with E-state index in [1.807, 2.05) is 74.5 Å². The second kappa shape index (κ2) is 10.1. The molecule has 5 rings (SSSR count). The Morgan fingerprint density at radius 3 is 2.49 bits per heavy atom. The summed E-state index contributed by atoms with van der Waals surface area (Å²) in [6.07, 6.45) is 1.51. The molecule has 0 radical (unpaired) electrons. The Morgan fingerprint density at radius 1 is 0.973 bits per heavy atom. The first kappa shape index (κ1) is 24.6. The van der Waals surface area contributed by atoms with E-state index in [2.05, 4.69) is 6.92 Å². The van der Waals surface area contributed by atoms with Crippen molar-refractivity contribution < 1.29 is 18.7 Å². The summed E-state index contributed by atoms with van der Waals surface area (Å²) in [4.78, 5) is 29.4. The van der Waals surface area contributed by atoms with Gasteiger partial charge in [-0.2, -0.15) is 0 Å². The molecule has 1 aliphatic rings. The van der Waals surface area contributed by atoms with Gasteiger partial charge >= 0.3 is 0 Å². The van der Waals surface area contributed by atoms with Gasteiger partial charge in [0, 0.05) is 6.54 Å². The summed E-state index contributed by atoms with van der Waals surface area (Å²) >= 11 is 0. The zero-order valence-electron chi connectivity index (χ0n) is 21.7. The fourth-order valence-corrected chi connectivity index (χ4v) is 5.09. The van der Waals surface area contributed by atoms with E-state index in [0.29, 0.717) is 41.9 Å². The number of aryl methyl sites for hydroxylation is 2. The molecule has 1 atom stereocenters. The SMILES string of the molecule is CCCOc1cccc(C2c3c(oc4c(C)cc(C)cc4c3=O)C(=O)N2CCc2ccc(OC)cc2)c1. The van der Waals surface area contributed by atoms with E-state index in [1.165, 1.54) is 0 Å². The number of benzene rings is 3. The molecular weight excluding hydrogens is 466 g/mol. The molecule has 6 heteroatoms. The lowest BCUT2D eigenvalue weighted by molar-refractivity contribution is 0.0729. The van der Waals surface area contributed by atoms with Gasteiger partial charge < -0.3 is 18.8 Å². The van der Waals surface area contributed by atoms with Crippen molar-refractivity contribution in [3.05, 3.63) is 104 Å². The predicted molar refractivity (Wildman–Crippen MR) is 144 cm³/mol. The first-order valence-corrected chi connectivity index (χ1v) is 12.7. The van der Waals surface area contributed by atoms with Gasteiger partial charge in [0.15, 0.2) is 5.43 Å². The maximum Gasteiger partial charge on any atom is 0.290 e. The molecule has 2 heterocycles. The summed E-state index contributed by atoms with van der Waals surface area (Å²) < 4.78 is 17.3. The van der Waals surface area contributed by atoms with E-state index in [1.54, 1.807) is 12.0 Å². The lowest BCUT2D eigenvalue weighted by atomic mass is 9.97. The van der Waals surface area contributed by atoms with Crippen LogP contribution in [-0.2, 0) is 6.42 Å². The second-order valence-electron chi connectivity index (χ2n) is 9.55. The highest BCUT2D eigenvalue weighted by molar-refractivity contribution is 5.99. The van der Waals surface area contributed by atoms with Gasteiger partial charge in [0.05, 0.1) is 30.7 Å². The molecule has 0 fully saturated rings. The van der Waals surface area contributed by atoms with Gasteiger partial charge in [-0.3, -0.25) is 9.59 Å². The van der Waals surface area contributed by atoms with Gasteiger partial charge in [-0.25, -0.2) is 0 Å². The second-order valence-corrected chi connectivity index (χ2v) is 9.55. The van der Waals surface area contributed by atoms with Crippen molar-refractivity contribution >= 4 is 16.9 Å². The quantitative estimate of drug-likeness (QED) is 0.299. The van der Waals surface area contributed by atoms with Crippen LogP contribution in [0.4, 0.5) is 0 Å². The van der Waals surface area contributed by atoms with Crippen LogP contribution < -0.4 is 14.9 Å². The van der Waals surface area contributed by atoms with E-state index >= 15 is 0 Å². The van der Waals surface area contributed by atoms with Crippen molar-refractivity contribution in [1.29, 1.82) is 0 Å². The predicted octanol–water partition coefficient (Wildman–Crippen LogP) is 6.00. The van der Waals surface area contributed by atoms with Crippen LogP contribution in [0, 0.1) is 13.8 Å². The molecule has 1 amide bonds. The van der Waals surface area contributed by atoms with Crippen LogP contribution in [0.2, 0.25) is 0 Å². The molecule has 0 saturated carbocycles. The molecule has 1 aliphatic heterocycles. The molecule has 190 valence electrons. The Balaban J connectivity index is 1.61. The summed E-state index contributed by atoms with van der Waals surface area (Å²) in [7, 11) is 1.63. The fourth-order valence-electron chi connectivity index (χ4n) is 5.09. The molecule has 37 heavy (non-hydrogen) atoms. The summed E-state index contributed by atoms with van der Waals surface area (Å²) in [5.74, 6) is 1.35. The molecule has 1 unspecified atom stereocenters. The van der Waals surface area contributed by atoms with Gasteiger partial charge in [0.25, 0.3) is 5.91 Å². The number of hydrogen-bond acceptors (Lipinski definition) is 5. The number of amides is 1. The number of methoxy groups -OCH3 is 1. The van der Waals surface area contributed by atoms with E-state index < -0.39 is 6.04 Å². The smallest absolute Gasteiger partial charge is 0.290 e. The lowest BCUT2D eigenvalue weighted by Gasteiger charge is -2.25. The minimum Gasteiger partial charge on any atom is -0.497 e. The van der Waals surface area contributed by atoms with Gasteiger partial charge in [0.1, 0.15) is 17.1 Å². The van der Waals surface area contributed by atoms with Crippen LogP contribution in [0.25, 0.3) is 11.0 Å². The number of ether oxygens (including phenoxy) is 2. The van der Waals surface area contributed by atoms with Crippen molar-refractivity contribution in [3.63, 3.8) is 0 Å². The van der Waals surface area contributed by atoms with Crippen molar-refractivity contribution in [3.8, 4) is 11.5 Å². The highest BCUT2D eigenvalue weighted by Crippen LogP contribution is 2.39. The highest BCUT2D eigenvalue weighted by atomic mass is 16.5. The van der Waals surface area contributed by atoms with Crippen molar-refractivity contribution in [1.82, 2.24) is 4.90 Å². The third-order valence-electron chi connectivity index (χ3n) is 6.84. The lowest BCUT2D eigenvalue weighted by Crippen LogP contribution is -2.31. The van der Waals surface area contributed by atoms with Crippen LogP contribution in [-0.4, -0.2) is 31.1 Å². The molecule has 0 saturated heterocycles. The minimum absolute atomic E-state index is 0.129. The first-order valence-electron chi connectivity index (χ1n) is 12.7. The van der Waals surface area contributed by atoms with E-state index in [4.69, 9.17) is 13.9 Å². The number of nitrogens with zero attached hydrogens (tertiary/aromatic N) is 1. The maximum atomic E-state index is 13.9. The largest absolute Gasteiger partial charge is 0.497 e. The van der Waals surface area contributed by atoms with E-state index in [-0.39, 0.29) is 17.1 Å². The summed E-state index contributed by atoms with van der Waals surface area (Å²) in [5, 5.41) is 0.504. The molecule has 0 aliphatic carbocycles. The van der Waals surface area contributed by atoms with Crippen molar-refractivity contribution in [2.24, 2.45) is 0 Å². The van der Waals surface area contributed by atoms with Crippen LogP contribution in [0.5, 0.6) is 11.5 Å². The zero-order chi connectivity index (χ0) is 26.1. The topological polar surface area (TPSA) is 69.0 Å². The standard InChI is InChI=1S/C31H31NO5/c1-5-15-36-24-8-6-7-22(18-24)27-26-28(33)25-17-19(2)16-20(3)29(25)37-30(26)31(34)32(27)14-13-21-9-11-23(35-4)12-10-21/h6-12,16-18,27H,5,13-15H2,1-4H3. The van der Waals surface area contributed by atoms with Crippen molar-refractivity contribution in [2.45, 2.75) is 39.7 Å². The normalized spacial score (nSPS) is 14.8.